The molecular weight excluding hydrogens is 266 g/mol. The Kier molecular flexibility index (Phi) is 4.08. The molecule has 0 fully saturated rings. The van der Waals surface area contributed by atoms with Gasteiger partial charge in [-0.15, -0.1) is 0 Å². The van der Waals surface area contributed by atoms with Gasteiger partial charge in [-0.25, -0.2) is 0 Å². The summed E-state index contributed by atoms with van der Waals surface area (Å²) in [4.78, 5) is 24.0. The fourth-order valence-electron chi connectivity index (χ4n) is 2.83. The highest BCUT2D eigenvalue weighted by Gasteiger charge is 2.31. The van der Waals surface area contributed by atoms with E-state index < -0.39 is 0 Å². The first-order chi connectivity index (χ1) is 9.69. The molecule has 0 aliphatic heterocycles. The zero-order chi connectivity index (χ0) is 15.8. The number of ether oxygens (including phenoxy) is 1. The van der Waals surface area contributed by atoms with Crippen LogP contribution in [0.1, 0.15) is 61.5 Å². The Balaban J connectivity index is 2.16. The number of ketones is 1. The molecule has 0 radical (unpaired) electrons. The molecule has 0 unspecified atom stereocenters. The van der Waals surface area contributed by atoms with Crippen molar-refractivity contribution in [3.8, 4) is 5.75 Å². The fourth-order valence-corrected chi connectivity index (χ4v) is 2.83. The van der Waals surface area contributed by atoms with Crippen molar-refractivity contribution in [2.24, 2.45) is 0 Å². The van der Waals surface area contributed by atoms with E-state index in [-0.39, 0.29) is 29.8 Å². The van der Waals surface area contributed by atoms with E-state index in [4.69, 9.17) is 4.74 Å². The summed E-state index contributed by atoms with van der Waals surface area (Å²) in [7, 11) is 0. The van der Waals surface area contributed by atoms with Gasteiger partial charge in [0.2, 0.25) is 0 Å². The number of carbonyl (C=O) groups is 2. The molecule has 0 heterocycles. The van der Waals surface area contributed by atoms with Crippen LogP contribution in [0.2, 0.25) is 0 Å². The van der Waals surface area contributed by atoms with Gasteiger partial charge in [0.05, 0.1) is 5.56 Å². The van der Waals surface area contributed by atoms with Gasteiger partial charge in [0, 0.05) is 12.0 Å². The van der Waals surface area contributed by atoms with E-state index in [2.05, 4.69) is 5.32 Å². The summed E-state index contributed by atoms with van der Waals surface area (Å²) in [6, 6.07) is 3.74. The predicted molar refractivity (Wildman–Crippen MR) is 81.9 cm³/mol. The smallest absolute Gasteiger partial charge is 0.258 e. The quantitative estimate of drug-likeness (QED) is 0.930. The summed E-state index contributed by atoms with van der Waals surface area (Å²) in [5.74, 6) is 0.663. The van der Waals surface area contributed by atoms with Crippen LogP contribution in [0.3, 0.4) is 0 Å². The van der Waals surface area contributed by atoms with Crippen molar-refractivity contribution in [2.45, 2.75) is 52.5 Å². The second kappa shape index (κ2) is 5.51. The maximum absolute atomic E-state index is 12.1. The second-order valence-corrected chi connectivity index (χ2v) is 6.78. The largest absolute Gasteiger partial charge is 0.483 e. The highest BCUT2D eigenvalue weighted by Crippen LogP contribution is 2.40. The SMILES string of the molecule is Cc1ccc(OCC(=O)NC(C)(C)C)c2c1[C@@H](C)CC2=O. The number of rotatable bonds is 3. The highest BCUT2D eigenvalue weighted by molar-refractivity contribution is 6.04. The molecule has 2 rings (SSSR count). The Morgan fingerprint density at radius 1 is 1.38 bits per heavy atom. The third kappa shape index (κ3) is 3.43. The Labute approximate surface area is 125 Å². The summed E-state index contributed by atoms with van der Waals surface area (Å²) >= 11 is 0. The van der Waals surface area contributed by atoms with Crippen molar-refractivity contribution in [1.29, 1.82) is 0 Å². The first-order valence-corrected chi connectivity index (χ1v) is 7.29. The molecule has 4 heteroatoms. The standard InChI is InChI=1S/C17H23NO3/c1-10-6-7-13(16-12(19)8-11(2)15(10)16)21-9-14(20)18-17(3,4)5/h6-7,11H,8-9H2,1-5H3,(H,18,20)/t11-/m0/s1. The Morgan fingerprint density at radius 2 is 2.05 bits per heavy atom. The topological polar surface area (TPSA) is 55.4 Å². The minimum Gasteiger partial charge on any atom is -0.483 e. The lowest BCUT2D eigenvalue weighted by atomic mass is 9.97. The van der Waals surface area contributed by atoms with E-state index in [1.807, 2.05) is 40.7 Å². The van der Waals surface area contributed by atoms with Gasteiger partial charge in [0.25, 0.3) is 5.91 Å². The Morgan fingerprint density at radius 3 is 2.67 bits per heavy atom. The average Bonchev–Trinajstić information content (AvgIpc) is 2.63. The minimum atomic E-state index is -0.292. The number of carbonyl (C=O) groups excluding carboxylic acids is 2. The molecule has 0 saturated carbocycles. The summed E-state index contributed by atoms with van der Waals surface area (Å²) in [5.41, 5.74) is 2.54. The van der Waals surface area contributed by atoms with Crippen LogP contribution in [-0.4, -0.2) is 23.8 Å². The molecular formula is C17H23NO3. The number of nitrogens with one attached hydrogen (secondary N) is 1. The van der Waals surface area contributed by atoms with Gasteiger partial charge in [0.1, 0.15) is 5.75 Å². The lowest BCUT2D eigenvalue weighted by Gasteiger charge is -2.21. The van der Waals surface area contributed by atoms with Crippen molar-refractivity contribution in [1.82, 2.24) is 5.32 Å². The first kappa shape index (κ1) is 15.5. The maximum atomic E-state index is 12.1. The van der Waals surface area contributed by atoms with Gasteiger partial charge in [-0.3, -0.25) is 9.59 Å². The summed E-state index contributed by atoms with van der Waals surface area (Å²) in [6.07, 6.45) is 0.519. The zero-order valence-corrected chi connectivity index (χ0v) is 13.4. The van der Waals surface area contributed by atoms with Crippen molar-refractivity contribution in [3.63, 3.8) is 0 Å². The predicted octanol–water partition coefficient (Wildman–Crippen LogP) is 2.98. The van der Waals surface area contributed by atoms with Crippen molar-refractivity contribution < 1.29 is 14.3 Å². The molecule has 0 saturated heterocycles. The van der Waals surface area contributed by atoms with Gasteiger partial charge < -0.3 is 10.1 Å². The number of amides is 1. The molecule has 1 amide bonds. The molecule has 1 aromatic rings. The third-order valence-electron chi connectivity index (χ3n) is 3.56. The third-order valence-corrected chi connectivity index (χ3v) is 3.56. The molecule has 1 aromatic carbocycles. The Hall–Kier alpha value is -1.84. The van der Waals surface area contributed by atoms with Crippen LogP contribution in [-0.2, 0) is 4.79 Å². The fraction of sp³-hybridized carbons (Fsp3) is 0.529. The van der Waals surface area contributed by atoms with E-state index in [0.29, 0.717) is 17.7 Å². The summed E-state index contributed by atoms with van der Waals surface area (Å²) < 4.78 is 5.60. The molecule has 1 aliphatic rings. The van der Waals surface area contributed by atoms with E-state index >= 15 is 0 Å². The molecule has 0 aromatic heterocycles. The lowest BCUT2D eigenvalue weighted by molar-refractivity contribution is -0.124. The summed E-state index contributed by atoms with van der Waals surface area (Å²) in [5, 5.41) is 2.84. The van der Waals surface area contributed by atoms with E-state index in [9.17, 15) is 9.59 Å². The number of aryl methyl sites for hydroxylation is 1. The van der Waals surface area contributed by atoms with Gasteiger partial charge in [-0.1, -0.05) is 13.0 Å². The molecule has 21 heavy (non-hydrogen) atoms. The molecule has 114 valence electrons. The molecule has 4 nitrogen and oxygen atoms in total. The second-order valence-electron chi connectivity index (χ2n) is 6.78. The first-order valence-electron chi connectivity index (χ1n) is 7.29. The van der Waals surface area contributed by atoms with Gasteiger partial charge in [-0.05, 0) is 50.8 Å². The van der Waals surface area contributed by atoms with Crippen LogP contribution in [0.5, 0.6) is 5.75 Å². The number of hydrogen-bond donors (Lipinski definition) is 1. The number of hydrogen-bond acceptors (Lipinski definition) is 3. The van der Waals surface area contributed by atoms with Crippen LogP contribution in [0.25, 0.3) is 0 Å². The molecule has 1 aliphatic carbocycles. The number of fused-ring (bicyclic) bond motifs is 1. The molecule has 1 atom stereocenters. The van der Waals surface area contributed by atoms with Crippen molar-refractivity contribution in [3.05, 3.63) is 28.8 Å². The van der Waals surface area contributed by atoms with Crippen LogP contribution in [0.4, 0.5) is 0 Å². The molecule has 0 bridgehead atoms. The van der Waals surface area contributed by atoms with Crippen LogP contribution in [0.15, 0.2) is 12.1 Å². The number of Topliss-reactive ketones (excluding diaryl/α,β-unsaturated/α-hetero) is 1. The molecule has 0 spiro atoms. The van der Waals surface area contributed by atoms with Crippen molar-refractivity contribution >= 4 is 11.7 Å². The van der Waals surface area contributed by atoms with Gasteiger partial charge in [-0.2, -0.15) is 0 Å². The minimum absolute atomic E-state index is 0.0750. The molecule has 1 N–H and O–H groups in total. The van der Waals surface area contributed by atoms with E-state index in [1.54, 1.807) is 6.07 Å². The van der Waals surface area contributed by atoms with E-state index in [1.165, 1.54) is 0 Å². The Bertz CT molecular complexity index is 584. The van der Waals surface area contributed by atoms with Gasteiger partial charge in [0.15, 0.2) is 12.4 Å². The monoisotopic (exact) mass is 289 g/mol. The average molecular weight is 289 g/mol. The van der Waals surface area contributed by atoms with E-state index in [0.717, 1.165) is 11.1 Å². The number of benzene rings is 1. The van der Waals surface area contributed by atoms with Crippen LogP contribution >= 0.6 is 0 Å². The van der Waals surface area contributed by atoms with Gasteiger partial charge >= 0.3 is 0 Å². The lowest BCUT2D eigenvalue weighted by Crippen LogP contribution is -2.43. The maximum Gasteiger partial charge on any atom is 0.258 e. The van der Waals surface area contributed by atoms with Crippen LogP contribution < -0.4 is 10.1 Å². The highest BCUT2D eigenvalue weighted by atomic mass is 16.5. The normalized spacial score (nSPS) is 17.6. The summed E-state index contributed by atoms with van der Waals surface area (Å²) in [6.45, 7) is 9.73. The van der Waals surface area contributed by atoms with Crippen molar-refractivity contribution in [2.75, 3.05) is 6.61 Å². The zero-order valence-electron chi connectivity index (χ0n) is 13.4. The van der Waals surface area contributed by atoms with Crippen LogP contribution in [0, 0.1) is 6.92 Å².